The maximum absolute atomic E-state index is 11.8. The summed E-state index contributed by atoms with van der Waals surface area (Å²) in [5.41, 5.74) is 5.54. The Hall–Kier alpha value is -2.81. The van der Waals surface area contributed by atoms with Crippen molar-refractivity contribution in [3.05, 3.63) is 89.7 Å². The molecule has 1 atom stereocenters. The molecule has 0 radical (unpaired) electrons. The third-order valence-electron chi connectivity index (χ3n) is 7.58. The molecule has 2 N–H and O–H groups in total. The van der Waals surface area contributed by atoms with E-state index in [0.717, 1.165) is 17.0 Å². The number of anilines is 1. The van der Waals surface area contributed by atoms with Gasteiger partial charge in [0, 0.05) is 48.0 Å². The molecule has 0 fully saturated rings. The molecule has 10 heteroatoms. The minimum atomic E-state index is -4.35. The molecule has 0 aliphatic carbocycles. The fraction of sp³-hybridized carbons (Fsp3) is 0.345. The number of likely N-dealkylation sites (N-methyl/N-ethyl adjacent to an activating group) is 1. The lowest BCUT2D eigenvalue weighted by atomic mass is 9.81. The van der Waals surface area contributed by atoms with Gasteiger partial charge < -0.3 is 14.3 Å². The van der Waals surface area contributed by atoms with E-state index in [1.54, 1.807) is 6.07 Å². The zero-order valence-corrected chi connectivity index (χ0v) is 24.7. The largest absolute Gasteiger partial charge is 0.347 e. The van der Waals surface area contributed by atoms with Gasteiger partial charge in [-0.05, 0) is 43.7 Å². The van der Waals surface area contributed by atoms with Crippen LogP contribution in [0.4, 0.5) is 11.4 Å². The van der Waals surface area contributed by atoms with E-state index in [1.807, 2.05) is 44.2 Å². The van der Waals surface area contributed by atoms with Gasteiger partial charge in [-0.15, -0.1) is 0 Å². The van der Waals surface area contributed by atoms with Gasteiger partial charge in [-0.3, -0.25) is 9.12 Å². The van der Waals surface area contributed by atoms with Crippen LogP contribution in [0.25, 0.3) is 0 Å². The summed E-state index contributed by atoms with van der Waals surface area (Å²) in [7, 11) is -5.28. The number of allylic oxidation sites excluding steroid dienone is 6. The van der Waals surface area contributed by atoms with Crippen molar-refractivity contribution < 1.29 is 31.5 Å². The molecule has 208 valence electrons. The molecule has 2 heterocycles. The fourth-order valence-corrected chi connectivity index (χ4v) is 6.42. The Morgan fingerprint density at radius 2 is 1.74 bits per heavy atom. The molecule has 0 aromatic heterocycles. The molecule has 0 spiro atoms. The van der Waals surface area contributed by atoms with Crippen molar-refractivity contribution in [1.29, 1.82) is 0 Å². The molecule has 0 saturated heterocycles. The Bertz CT molecular complexity index is 1540. The van der Waals surface area contributed by atoms with E-state index in [9.17, 15) is 17.5 Å². The Labute approximate surface area is 231 Å². The molecule has 1 unspecified atom stereocenters. The molecular weight excluding hydrogens is 535 g/mol. The van der Waals surface area contributed by atoms with Crippen LogP contribution in [0.15, 0.2) is 83.4 Å². The second kappa shape index (κ2) is 11.0. The SMILES string of the molecule is CN1/C(=C/C=C/C=C/C2=[N+](CCCO[PH](=O)O)c3ccc(S(=O)(=O)O)cc3C2(C)C)C(C)(C)c2ccccc21. The monoisotopic (exact) mass is 571 g/mol. The van der Waals surface area contributed by atoms with E-state index < -0.39 is 23.8 Å². The quantitative estimate of drug-likeness (QED) is 0.134. The third-order valence-corrected chi connectivity index (χ3v) is 8.88. The molecular formula is C29H36N2O6PS+. The van der Waals surface area contributed by atoms with Crippen LogP contribution >= 0.6 is 8.25 Å². The number of fused-ring (bicyclic) bond motifs is 2. The second-order valence-electron chi connectivity index (χ2n) is 10.8. The van der Waals surface area contributed by atoms with Crippen LogP contribution in [-0.4, -0.2) is 48.4 Å². The standard InChI is InChI=1S/C29H35N2O6PS/c1-28(2)22-12-9-10-13-24(22)30(5)26(28)14-7-6-8-15-27-29(3,4)23-20-21(39(34,35)36)16-17-25(23)31(27)18-11-19-37-38(32)33/h6-10,12-17,20,38H,11,18-19H2,1-5H3,(H-,32,33,34,35,36)/p+1. The van der Waals surface area contributed by atoms with Crippen LogP contribution in [-0.2, 0) is 30.0 Å². The lowest BCUT2D eigenvalue weighted by Crippen LogP contribution is -2.28. The predicted octanol–water partition coefficient (Wildman–Crippen LogP) is 5.52. The van der Waals surface area contributed by atoms with Crippen LogP contribution in [0.1, 0.15) is 45.2 Å². The summed E-state index contributed by atoms with van der Waals surface area (Å²) < 4.78 is 51.1. The molecule has 4 rings (SSSR count). The number of para-hydroxylation sites is 1. The average Bonchev–Trinajstić information content (AvgIpc) is 3.19. The normalized spacial score (nSPS) is 19.9. The van der Waals surface area contributed by atoms with Crippen molar-refractivity contribution in [3.63, 3.8) is 0 Å². The van der Waals surface area contributed by atoms with E-state index in [4.69, 9.17) is 9.42 Å². The Morgan fingerprint density at radius 3 is 2.41 bits per heavy atom. The highest BCUT2D eigenvalue weighted by atomic mass is 32.2. The number of hydrogen-bond donors (Lipinski definition) is 2. The van der Waals surface area contributed by atoms with Crippen molar-refractivity contribution in [3.8, 4) is 0 Å². The molecule has 2 aliphatic heterocycles. The summed E-state index contributed by atoms with van der Waals surface area (Å²) in [6.45, 7) is 9.06. The number of hydrogen-bond acceptors (Lipinski definition) is 5. The summed E-state index contributed by atoms with van der Waals surface area (Å²) in [5, 5.41) is 0. The Morgan fingerprint density at radius 1 is 1.03 bits per heavy atom. The van der Waals surface area contributed by atoms with Crippen molar-refractivity contribution in [2.24, 2.45) is 0 Å². The average molecular weight is 572 g/mol. The van der Waals surface area contributed by atoms with Crippen LogP contribution < -0.4 is 4.90 Å². The highest BCUT2D eigenvalue weighted by Gasteiger charge is 2.44. The summed E-state index contributed by atoms with van der Waals surface area (Å²) in [6.07, 6.45) is 10.5. The van der Waals surface area contributed by atoms with Gasteiger partial charge in [0.05, 0.1) is 16.9 Å². The second-order valence-corrected chi connectivity index (χ2v) is 13.0. The maximum atomic E-state index is 11.8. The molecule has 2 aliphatic rings. The van der Waals surface area contributed by atoms with Crippen LogP contribution in [0.5, 0.6) is 0 Å². The van der Waals surface area contributed by atoms with Gasteiger partial charge in [0.25, 0.3) is 10.1 Å². The van der Waals surface area contributed by atoms with Gasteiger partial charge in [-0.2, -0.15) is 13.0 Å². The first kappa shape index (κ1) is 29.2. The molecule has 2 aromatic rings. The van der Waals surface area contributed by atoms with Gasteiger partial charge in [0.2, 0.25) is 5.69 Å². The smallest absolute Gasteiger partial charge is 0.316 e. The van der Waals surface area contributed by atoms with E-state index in [-0.39, 0.29) is 16.9 Å². The van der Waals surface area contributed by atoms with Gasteiger partial charge in [0.1, 0.15) is 0 Å². The molecule has 8 nitrogen and oxygen atoms in total. The fourth-order valence-electron chi connectivity index (χ4n) is 5.60. The molecule has 2 aromatic carbocycles. The van der Waals surface area contributed by atoms with Crippen LogP contribution in [0.2, 0.25) is 0 Å². The summed E-state index contributed by atoms with van der Waals surface area (Å²) in [4.78, 5) is 11.0. The topological polar surface area (TPSA) is 107 Å². The van der Waals surface area contributed by atoms with E-state index in [0.29, 0.717) is 13.0 Å². The van der Waals surface area contributed by atoms with E-state index in [2.05, 4.69) is 54.6 Å². The maximum Gasteiger partial charge on any atom is 0.316 e. The molecule has 0 bridgehead atoms. The summed E-state index contributed by atoms with van der Waals surface area (Å²) in [6, 6.07) is 13.0. The van der Waals surface area contributed by atoms with Gasteiger partial charge in [0.15, 0.2) is 12.3 Å². The van der Waals surface area contributed by atoms with Crippen molar-refractivity contribution in [2.75, 3.05) is 25.1 Å². The highest BCUT2D eigenvalue weighted by Crippen LogP contribution is 2.46. The lowest BCUT2D eigenvalue weighted by molar-refractivity contribution is -0.438. The van der Waals surface area contributed by atoms with Crippen molar-refractivity contribution in [2.45, 2.75) is 49.8 Å². The molecule has 39 heavy (non-hydrogen) atoms. The van der Waals surface area contributed by atoms with Crippen LogP contribution in [0, 0.1) is 0 Å². The highest BCUT2D eigenvalue weighted by molar-refractivity contribution is 7.85. The first-order valence-corrected chi connectivity index (χ1v) is 15.5. The Kier molecular flexibility index (Phi) is 8.22. The summed E-state index contributed by atoms with van der Waals surface area (Å²) in [5.74, 6) is 0. The van der Waals surface area contributed by atoms with Gasteiger partial charge in [-0.25, -0.2) is 0 Å². The minimum absolute atomic E-state index is 0.118. The van der Waals surface area contributed by atoms with E-state index >= 15 is 0 Å². The van der Waals surface area contributed by atoms with Crippen LogP contribution in [0.3, 0.4) is 0 Å². The van der Waals surface area contributed by atoms with E-state index in [1.165, 1.54) is 29.1 Å². The van der Waals surface area contributed by atoms with Gasteiger partial charge >= 0.3 is 8.25 Å². The summed E-state index contributed by atoms with van der Waals surface area (Å²) >= 11 is 0. The minimum Gasteiger partial charge on any atom is -0.347 e. The number of nitrogens with zero attached hydrogens (tertiary/aromatic N) is 2. The molecule has 0 amide bonds. The first-order chi connectivity index (χ1) is 18.3. The zero-order valence-electron chi connectivity index (χ0n) is 22.9. The van der Waals surface area contributed by atoms with Gasteiger partial charge in [-0.1, -0.05) is 50.3 Å². The van der Waals surface area contributed by atoms with Crippen molar-refractivity contribution >= 4 is 35.5 Å². The first-order valence-electron chi connectivity index (χ1n) is 12.8. The van der Waals surface area contributed by atoms with Crippen molar-refractivity contribution in [1.82, 2.24) is 0 Å². The lowest BCUT2D eigenvalue weighted by Gasteiger charge is -2.23. The number of rotatable bonds is 9. The number of benzene rings is 2. The third kappa shape index (κ3) is 5.74. The zero-order chi connectivity index (χ0) is 28.6. The molecule has 0 saturated carbocycles. The predicted molar refractivity (Wildman–Crippen MR) is 155 cm³/mol. The Balaban J connectivity index is 1.63.